The van der Waals surface area contributed by atoms with Crippen LogP contribution in [0.4, 0.5) is 17.5 Å². The molecule has 0 unspecified atom stereocenters. The number of halogens is 1. The van der Waals surface area contributed by atoms with Crippen molar-refractivity contribution in [3.8, 4) is 0 Å². The maximum absolute atomic E-state index is 12.0. The molecule has 5 rings (SSSR count). The van der Waals surface area contributed by atoms with Crippen LogP contribution in [0.2, 0.25) is 5.02 Å². The molecule has 2 bridgehead atoms. The van der Waals surface area contributed by atoms with Gasteiger partial charge in [0.15, 0.2) is 5.82 Å². The highest BCUT2D eigenvalue weighted by molar-refractivity contribution is 6.32. The average Bonchev–Trinajstić information content (AvgIpc) is 3.30. The van der Waals surface area contributed by atoms with Gasteiger partial charge in [0.05, 0.1) is 12.1 Å². The van der Waals surface area contributed by atoms with E-state index in [0.717, 1.165) is 29.7 Å². The highest BCUT2D eigenvalue weighted by Gasteiger charge is 2.47. The van der Waals surface area contributed by atoms with Crippen molar-refractivity contribution in [2.75, 3.05) is 10.6 Å². The largest absolute Gasteiger partial charge is 0.369 e. The Morgan fingerprint density at radius 2 is 2.03 bits per heavy atom. The number of primary amides is 1. The lowest BCUT2D eigenvalue weighted by molar-refractivity contribution is -0.123. The monoisotopic (exact) mass is 438 g/mol. The van der Waals surface area contributed by atoms with E-state index in [4.69, 9.17) is 17.3 Å². The van der Waals surface area contributed by atoms with Gasteiger partial charge in [-0.25, -0.2) is 4.98 Å². The number of carbonyl (C=O) groups is 2. The zero-order valence-electron chi connectivity index (χ0n) is 16.8. The number of allylic oxidation sites excluding steroid dienone is 1. The number of anilines is 3. The van der Waals surface area contributed by atoms with Crippen molar-refractivity contribution >= 4 is 40.9 Å². The summed E-state index contributed by atoms with van der Waals surface area (Å²) >= 11 is 6.34. The molecule has 2 aromatic rings. The van der Waals surface area contributed by atoms with Crippen molar-refractivity contribution in [3.05, 3.63) is 52.7 Å². The van der Waals surface area contributed by atoms with Crippen LogP contribution in [0.25, 0.3) is 0 Å². The van der Waals surface area contributed by atoms with Crippen molar-refractivity contribution in [1.29, 1.82) is 0 Å². The first-order chi connectivity index (χ1) is 15.0. The summed E-state index contributed by atoms with van der Waals surface area (Å²) in [7, 11) is 0. The summed E-state index contributed by atoms with van der Waals surface area (Å²) in [5.74, 6) is 0.722. The normalized spacial score (nSPS) is 26.2. The number of hydrogen-bond acceptors (Lipinski definition) is 6. The SMILES string of the molecule is NC(=O)[C@H]1[C@@H](Nc2nc(Nc3ccc4c(c3)CNC(=O)CC4)ncc2Cl)[C@@H]2C=C[C@H]1C2. The number of benzene rings is 1. The third kappa shape index (κ3) is 3.83. The van der Waals surface area contributed by atoms with E-state index in [2.05, 4.69) is 38.1 Å². The molecule has 2 amide bonds. The first-order valence-corrected chi connectivity index (χ1v) is 10.8. The number of rotatable bonds is 5. The summed E-state index contributed by atoms with van der Waals surface area (Å²) in [4.78, 5) is 32.5. The summed E-state index contributed by atoms with van der Waals surface area (Å²) in [5, 5.41) is 9.83. The number of fused-ring (bicyclic) bond motifs is 3. The Morgan fingerprint density at radius 3 is 2.87 bits per heavy atom. The molecule has 9 heteroatoms. The Labute approximate surface area is 184 Å². The fraction of sp³-hybridized carbons (Fsp3) is 0.364. The van der Waals surface area contributed by atoms with Crippen LogP contribution in [-0.2, 0) is 22.6 Å². The van der Waals surface area contributed by atoms with Crippen LogP contribution in [0.3, 0.4) is 0 Å². The van der Waals surface area contributed by atoms with Gasteiger partial charge in [-0.1, -0.05) is 29.8 Å². The topological polar surface area (TPSA) is 122 Å². The Bertz CT molecular complexity index is 1090. The molecule has 160 valence electrons. The molecule has 0 saturated heterocycles. The third-order valence-electron chi connectivity index (χ3n) is 6.40. The maximum atomic E-state index is 12.0. The number of amides is 2. The van der Waals surface area contributed by atoms with E-state index in [1.165, 1.54) is 6.20 Å². The van der Waals surface area contributed by atoms with Crippen LogP contribution < -0.4 is 21.7 Å². The molecule has 2 aliphatic carbocycles. The summed E-state index contributed by atoms with van der Waals surface area (Å²) in [6.07, 6.45) is 7.87. The molecular formula is C22H23ClN6O2. The summed E-state index contributed by atoms with van der Waals surface area (Å²) in [6, 6.07) is 5.83. The van der Waals surface area contributed by atoms with Gasteiger partial charge in [-0.3, -0.25) is 9.59 Å². The molecule has 0 radical (unpaired) electrons. The molecule has 1 saturated carbocycles. The standard InChI is InChI=1S/C22H23ClN6O2/c23-16-10-26-22(27-15-5-3-11-4-6-17(30)25-9-14(11)8-15)29-21(16)28-19-13-2-1-12(7-13)18(19)20(24)31/h1-3,5,8,10,12-13,18-19H,4,6-7,9H2,(H2,24,31)(H,25,30)(H2,26,27,28,29)/t12-,13+,18+,19-/m0/s1. The minimum Gasteiger partial charge on any atom is -0.369 e. The van der Waals surface area contributed by atoms with Gasteiger partial charge in [0.1, 0.15) is 5.02 Å². The van der Waals surface area contributed by atoms with Gasteiger partial charge in [-0.2, -0.15) is 4.98 Å². The van der Waals surface area contributed by atoms with Crippen molar-refractivity contribution < 1.29 is 9.59 Å². The van der Waals surface area contributed by atoms with Crippen LogP contribution in [0.5, 0.6) is 0 Å². The van der Waals surface area contributed by atoms with Crippen molar-refractivity contribution in [3.63, 3.8) is 0 Å². The van der Waals surface area contributed by atoms with E-state index in [1.807, 2.05) is 18.2 Å². The van der Waals surface area contributed by atoms with E-state index < -0.39 is 0 Å². The van der Waals surface area contributed by atoms with Gasteiger partial charge in [0, 0.05) is 24.7 Å². The summed E-state index contributed by atoms with van der Waals surface area (Å²) in [6.45, 7) is 0.504. The Morgan fingerprint density at radius 1 is 1.19 bits per heavy atom. The molecule has 4 atom stereocenters. The first kappa shape index (κ1) is 19.8. The summed E-state index contributed by atoms with van der Waals surface area (Å²) < 4.78 is 0. The average molecular weight is 439 g/mol. The van der Waals surface area contributed by atoms with E-state index >= 15 is 0 Å². The maximum Gasteiger partial charge on any atom is 0.229 e. The van der Waals surface area contributed by atoms with Crippen LogP contribution in [0.1, 0.15) is 24.0 Å². The molecule has 31 heavy (non-hydrogen) atoms. The molecule has 2 heterocycles. The molecule has 5 N–H and O–H groups in total. The van der Waals surface area contributed by atoms with Crippen LogP contribution >= 0.6 is 11.6 Å². The molecule has 1 aliphatic heterocycles. The van der Waals surface area contributed by atoms with Crippen molar-refractivity contribution in [2.24, 2.45) is 23.5 Å². The lowest BCUT2D eigenvalue weighted by Crippen LogP contribution is -2.41. The number of aromatic nitrogens is 2. The van der Waals surface area contributed by atoms with E-state index in [0.29, 0.717) is 29.8 Å². The minimum absolute atomic E-state index is 0.0622. The summed E-state index contributed by atoms with van der Waals surface area (Å²) in [5.41, 5.74) is 8.71. The fourth-order valence-corrected chi connectivity index (χ4v) is 5.01. The molecule has 3 aliphatic rings. The predicted molar refractivity (Wildman–Crippen MR) is 118 cm³/mol. The Balaban J connectivity index is 1.35. The van der Waals surface area contributed by atoms with Crippen LogP contribution in [0.15, 0.2) is 36.5 Å². The smallest absolute Gasteiger partial charge is 0.229 e. The number of nitrogens with two attached hydrogens (primary N) is 1. The molecular weight excluding hydrogens is 416 g/mol. The zero-order chi connectivity index (χ0) is 21.5. The molecule has 1 aromatic carbocycles. The molecule has 1 fully saturated rings. The van der Waals surface area contributed by atoms with Gasteiger partial charge in [-0.05, 0) is 47.9 Å². The second kappa shape index (κ2) is 7.85. The molecule has 0 spiro atoms. The van der Waals surface area contributed by atoms with Crippen LogP contribution in [0, 0.1) is 17.8 Å². The van der Waals surface area contributed by atoms with Crippen LogP contribution in [-0.4, -0.2) is 27.8 Å². The molecule has 1 aromatic heterocycles. The van der Waals surface area contributed by atoms with Crippen molar-refractivity contribution in [2.45, 2.75) is 31.8 Å². The van der Waals surface area contributed by atoms with Gasteiger partial charge in [0.25, 0.3) is 0 Å². The van der Waals surface area contributed by atoms with E-state index in [9.17, 15) is 9.59 Å². The van der Waals surface area contributed by atoms with Gasteiger partial charge in [-0.15, -0.1) is 0 Å². The Kier molecular flexibility index (Phi) is 5.02. The molecule has 8 nitrogen and oxygen atoms in total. The van der Waals surface area contributed by atoms with Crippen molar-refractivity contribution in [1.82, 2.24) is 15.3 Å². The Hall–Kier alpha value is -3.13. The lowest BCUT2D eigenvalue weighted by atomic mass is 9.88. The number of aryl methyl sites for hydroxylation is 1. The fourth-order valence-electron chi connectivity index (χ4n) is 4.86. The second-order valence-corrected chi connectivity index (χ2v) is 8.73. The first-order valence-electron chi connectivity index (χ1n) is 10.4. The third-order valence-corrected chi connectivity index (χ3v) is 6.67. The zero-order valence-corrected chi connectivity index (χ0v) is 17.5. The van der Waals surface area contributed by atoms with Gasteiger partial charge >= 0.3 is 0 Å². The number of hydrogen-bond donors (Lipinski definition) is 4. The quantitative estimate of drug-likeness (QED) is 0.532. The number of nitrogens with zero attached hydrogens (tertiary/aromatic N) is 2. The second-order valence-electron chi connectivity index (χ2n) is 8.32. The predicted octanol–water partition coefficient (Wildman–Crippen LogP) is 2.52. The lowest BCUT2D eigenvalue weighted by Gasteiger charge is -2.27. The minimum atomic E-state index is -0.310. The highest BCUT2D eigenvalue weighted by atomic mass is 35.5. The number of carbonyl (C=O) groups excluding carboxylic acids is 2. The number of nitrogens with one attached hydrogen (secondary N) is 3. The highest BCUT2D eigenvalue weighted by Crippen LogP contribution is 2.45. The van der Waals surface area contributed by atoms with E-state index in [-0.39, 0.29) is 35.6 Å². The van der Waals surface area contributed by atoms with E-state index in [1.54, 1.807) is 0 Å². The van der Waals surface area contributed by atoms with Gasteiger partial charge in [0.2, 0.25) is 17.8 Å². The van der Waals surface area contributed by atoms with Gasteiger partial charge < -0.3 is 21.7 Å².